The van der Waals surface area contributed by atoms with Crippen LogP contribution >= 0.6 is 15.9 Å². The maximum Gasteiger partial charge on any atom is 0.254 e. The predicted octanol–water partition coefficient (Wildman–Crippen LogP) is 3.00. The van der Waals surface area contributed by atoms with Crippen molar-refractivity contribution in [3.63, 3.8) is 0 Å². The molecule has 3 aromatic heterocycles. The molecule has 7 nitrogen and oxygen atoms in total. The van der Waals surface area contributed by atoms with Crippen molar-refractivity contribution in [3.8, 4) is 0 Å². The van der Waals surface area contributed by atoms with E-state index in [2.05, 4.69) is 31.0 Å². The van der Waals surface area contributed by atoms with Crippen molar-refractivity contribution >= 4 is 33.3 Å². The van der Waals surface area contributed by atoms with E-state index in [1.807, 2.05) is 24.0 Å². The summed E-state index contributed by atoms with van der Waals surface area (Å²) >= 11 is 3.49. The van der Waals surface area contributed by atoms with Crippen molar-refractivity contribution in [1.82, 2.24) is 24.6 Å². The fourth-order valence-electron chi connectivity index (χ4n) is 3.25. The standard InChI is InChI=1S/C17H18BrF2N7/c1-10-12(14(21)27-16(24-10)22-9-23-27)8-11-2-3-13(18)15(25-11)26-6-4-17(19,20)5-7-26/h2-3,9H,4-8,21H2,1H3. The lowest BCUT2D eigenvalue weighted by Gasteiger charge is -2.33. The van der Waals surface area contributed by atoms with E-state index in [1.165, 1.54) is 10.8 Å². The summed E-state index contributed by atoms with van der Waals surface area (Å²) in [4.78, 5) is 15.1. The highest BCUT2D eigenvalue weighted by atomic mass is 79.9. The normalized spacial score (nSPS) is 16.8. The predicted molar refractivity (Wildman–Crippen MR) is 101 cm³/mol. The molecule has 0 aromatic carbocycles. The molecule has 0 bridgehead atoms. The van der Waals surface area contributed by atoms with Gasteiger partial charge in [0.25, 0.3) is 11.7 Å². The van der Waals surface area contributed by atoms with E-state index in [4.69, 9.17) is 10.7 Å². The molecule has 0 atom stereocenters. The van der Waals surface area contributed by atoms with Crippen LogP contribution < -0.4 is 10.6 Å². The zero-order valence-electron chi connectivity index (χ0n) is 14.7. The number of aryl methyl sites for hydroxylation is 1. The average Bonchev–Trinajstić information content (AvgIpc) is 3.09. The molecule has 0 aliphatic carbocycles. The Morgan fingerprint density at radius 2 is 1.96 bits per heavy atom. The van der Waals surface area contributed by atoms with Crippen molar-refractivity contribution in [2.75, 3.05) is 23.7 Å². The van der Waals surface area contributed by atoms with E-state index >= 15 is 0 Å². The van der Waals surface area contributed by atoms with E-state index in [9.17, 15) is 8.78 Å². The summed E-state index contributed by atoms with van der Waals surface area (Å²) in [6.45, 7) is 2.41. The fourth-order valence-corrected chi connectivity index (χ4v) is 3.72. The first-order valence-electron chi connectivity index (χ1n) is 8.57. The Labute approximate surface area is 162 Å². The van der Waals surface area contributed by atoms with E-state index in [0.29, 0.717) is 23.8 Å². The first kappa shape index (κ1) is 18.0. The molecule has 1 aliphatic heterocycles. The Balaban J connectivity index is 1.64. The third-order valence-electron chi connectivity index (χ3n) is 4.81. The average molecular weight is 438 g/mol. The molecular formula is C17H18BrF2N7. The summed E-state index contributed by atoms with van der Waals surface area (Å²) in [5.41, 5.74) is 8.60. The molecule has 0 unspecified atom stereocenters. The molecule has 0 spiro atoms. The monoisotopic (exact) mass is 437 g/mol. The number of nitrogens with two attached hydrogens (primary N) is 1. The Morgan fingerprint density at radius 1 is 1.22 bits per heavy atom. The summed E-state index contributed by atoms with van der Waals surface area (Å²) in [5, 5.41) is 4.09. The van der Waals surface area contributed by atoms with E-state index in [0.717, 1.165) is 21.4 Å². The fraction of sp³-hybridized carbons (Fsp3) is 0.412. The molecule has 4 heterocycles. The Bertz CT molecular complexity index is 994. The number of halogens is 3. The van der Waals surface area contributed by atoms with E-state index in [1.54, 1.807) is 0 Å². The lowest BCUT2D eigenvalue weighted by molar-refractivity contribution is -0.0221. The number of fused-ring (bicyclic) bond motifs is 1. The van der Waals surface area contributed by atoms with Gasteiger partial charge in [0.05, 0.1) is 4.47 Å². The van der Waals surface area contributed by atoms with Gasteiger partial charge >= 0.3 is 0 Å². The van der Waals surface area contributed by atoms with Crippen molar-refractivity contribution in [3.05, 3.63) is 39.9 Å². The molecule has 142 valence electrons. The largest absolute Gasteiger partial charge is 0.383 e. The van der Waals surface area contributed by atoms with Gasteiger partial charge in [-0.05, 0) is 35.0 Å². The van der Waals surface area contributed by atoms with Crippen LogP contribution in [0.2, 0.25) is 0 Å². The zero-order valence-corrected chi connectivity index (χ0v) is 16.2. The molecule has 1 saturated heterocycles. The number of piperidine rings is 1. The van der Waals surface area contributed by atoms with Gasteiger partial charge in [-0.1, -0.05) is 0 Å². The van der Waals surface area contributed by atoms with Crippen LogP contribution in [0.1, 0.15) is 29.8 Å². The second-order valence-electron chi connectivity index (χ2n) is 6.66. The first-order chi connectivity index (χ1) is 12.8. The number of anilines is 2. The molecular weight excluding hydrogens is 420 g/mol. The molecule has 0 amide bonds. The van der Waals surface area contributed by atoms with Gasteiger partial charge in [-0.2, -0.15) is 14.6 Å². The lowest BCUT2D eigenvalue weighted by atomic mass is 10.1. The van der Waals surface area contributed by atoms with Crippen LogP contribution in [0, 0.1) is 6.92 Å². The van der Waals surface area contributed by atoms with E-state index < -0.39 is 5.92 Å². The van der Waals surface area contributed by atoms with Crippen LogP contribution in [0.15, 0.2) is 22.9 Å². The summed E-state index contributed by atoms with van der Waals surface area (Å²) in [7, 11) is 0. The molecule has 27 heavy (non-hydrogen) atoms. The maximum atomic E-state index is 13.5. The van der Waals surface area contributed by atoms with Gasteiger partial charge in [0, 0.05) is 49.3 Å². The third kappa shape index (κ3) is 3.45. The zero-order chi connectivity index (χ0) is 19.2. The van der Waals surface area contributed by atoms with Crippen LogP contribution in [0.4, 0.5) is 20.4 Å². The Kier molecular flexibility index (Phi) is 4.45. The van der Waals surface area contributed by atoms with Crippen LogP contribution in [0.3, 0.4) is 0 Å². The second kappa shape index (κ2) is 6.66. The summed E-state index contributed by atoms with van der Waals surface area (Å²) < 4.78 is 29.2. The van der Waals surface area contributed by atoms with Gasteiger partial charge in [0.1, 0.15) is 18.0 Å². The van der Waals surface area contributed by atoms with Crippen LogP contribution in [0.25, 0.3) is 5.78 Å². The van der Waals surface area contributed by atoms with Crippen LogP contribution in [0.5, 0.6) is 0 Å². The first-order valence-corrected chi connectivity index (χ1v) is 9.36. The highest BCUT2D eigenvalue weighted by Gasteiger charge is 2.34. The van der Waals surface area contributed by atoms with Crippen LogP contribution in [-0.4, -0.2) is 43.6 Å². The summed E-state index contributed by atoms with van der Waals surface area (Å²) in [6.07, 6.45) is 1.54. The number of alkyl halides is 2. The SMILES string of the molecule is Cc1nc2ncnn2c(N)c1Cc1ccc(Br)c(N2CCC(F)(F)CC2)n1. The molecule has 3 aromatic rings. The maximum absolute atomic E-state index is 13.5. The molecule has 2 N–H and O–H groups in total. The number of rotatable bonds is 3. The second-order valence-corrected chi connectivity index (χ2v) is 7.51. The number of pyridine rings is 1. The minimum absolute atomic E-state index is 0.162. The minimum atomic E-state index is -2.59. The quantitative estimate of drug-likeness (QED) is 0.677. The smallest absolute Gasteiger partial charge is 0.254 e. The van der Waals surface area contributed by atoms with Gasteiger partial charge < -0.3 is 10.6 Å². The highest BCUT2D eigenvalue weighted by Crippen LogP contribution is 2.33. The van der Waals surface area contributed by atoms with Gasteiger partial charge in [-0.25, -0.2) is 18.7 Å². The summed E-state index contributed by atoms with van der Waals surface area (Å²) in [6, 6.07) is 3.77. The number of nitrogen functional groups attached to an aromatic ring is 1. The molecule has 0 saturated carbocycles. The van der Waals surface area contributed by atoms with Gasteiger partial charge in [-0.15, -0.1) is 0 Å². The number of hydrogen-bond donors (Lipinski definition) is 1. The Morgan fingerprint density at radius 3 is 2.70 bits per heavy atom. The van der Waals surface area contributed by atoms with Crippen molar-refractivity contribution in [1.29, 1.82) is 0 Å². The topological polar surface area (TPSA) is 85.2 Å². The lowest BCUT2D eigenvalue weighted by Crippen LogP contribution is -2.40. The van der Waals surface area contributed by atoms with Crippen molar-refractivity contribution in [2.45, 2.75) is 32.1 Å². The molecule has 1 aliphatic rings. The minimum Gasteiger partial charge on any atom is -0.383 e. The van der Waals surface area contributed by atoms with E-state index in [-0.39, 0.29) is 25.9 Å². The number of nitrogens with zero attached hydrogens (tertiary/aromatic N) is 6. The summed E-state index contributed by atoms with van der Waals surface area (Å²) in [5.74, 6) is -0.995. The number of hydrogen-bond acceptors (Lipinski definition) is 6. The van der Waals surface area contributed by atoms with Crippen molar-refractivity contribution < 1.29 is 8.78 Å². The molecule has 1 fully saturated rings. The van der Waals surface area contributed by atoms with Gasteiger partial charge in [0.15, 0.2) is 0 Å². The Hall–Kier alpha value is -2.36. The molecule has 4 rings (SSSR count). The van der Waals surface area contributed by atoms with Gasteiger partial charge in [-0.3, -0.25) is 0 Å². The highest BCUT2D eigenvalue weighted by molar-refractivity contribution is 9.10. The van der Waals surface area contributed by atoms with Gasteiger partial charge in [0.2, 0.25) is 0 Å². The molecule has 10 heteroatoms. The third-order valence-corrected chi connectivity index (χ3v) is 5.43. The number of aromatic nitrogens is 5. The van der Waals surface area contributed by atoms with Crippen molar-refractivity contribution in [2.24, 2.45) is 0 Å². The molecule has 0 radical (unpaired) electrons. The van der Waals surface area contributed by atoms with Crippen LogP contribution in [-0.2, 0) is 6.42 Å².